The summed E-state index contributed by atoms with van der Waals surface area (Å²) in [4.78, 5) is 3.03. The number of halogens is 6. The van der Waals surface area contributed by atoms with Gasteiger partial charge in [-0.2, -0.15) is 22.0 Å². The Morgan fingerprint density at radius 3 is 1.94 bits per heavy atom. The Balaban J connectivity index is 2.90. The highest BCUT2D eigenvalue weighted by atomic mass is 19.4. The van der Waals surface area contributed by atoms with Gasteiger partial charge in [0.25, 0.3) is 0 Å². The minimum atomic E-state index is -5.32. The molecule has 1 aliphatic carbocycles. The Hall–Kier alpha value is -0.790. The van der Waals surface area contributed by atoms with Crippen molar-refractivity contribution in [3.63, 3.8) is 0 Å². The van der Waals surface area contributed by atoms with Crippen molar-refractivity contribution in [1.82, 2.24) is 0 Å². The van der Waals surface area contributed by atoms with Crippen LogP contribution in [0.25, 0.3) is 0 Å². The summed E-state index contributed by atoms with van der Waals surface area (Å²) < 4.78 is 75.1. The second-order valence-electron chi connectivity index (χ2n) is 4.38. The second-order valence-corrected chi connectivity index (χ2v) is 4.38. The van der Waals surface area contributed by atoms with Crippen LogP contribution >= 0.6 is 0 Å². The first kappa shape index (κ1) is 15.3. The van der Waals surface area contributed by atoms with E-state index >= 15 is 0 Å². The van der Waals surface area contributed by atoms with Crippen LogP contribution in [0, 0.1) is 0 Å². The highest BCUT2D eigenvalue weighted by Crippen LogP contribution is 2.32. The molecule has 0 bridgehead atoms. The van der Waals surface area contributed by atoms with Crippen LogP contribution in [0.1, 0.15) is 25.7 Å². The van der Waals surface area contributed by atoms with Gasteiger partial charge < -0.3 is 5.73 Å². The molecule has 1 fully saturated rings. The fourth-order valence-electron chi connectivity index (χ4n) is 1.85. The standard InChI is InChI=1S/C10H14F6N2/c11-5-9(12,13)8(10(14,15)16)18-7-3-1-6(17)2-4-7/h6-7H,1-5,17H2. The fraction of sp³-hybridized carbons (Fsp3) is 0.900. The maximum Gasteiger partial charge on any atom is 0.435 e. The van der Waals surface area contributed by atoms with Gasteiger partial charge in [0, 0.05) is 6.04 Å². The van der Waals surface area contributed by atoms with Gasteiger partial charge in [-0.25, -0.2) is 4.39 Å². The molecule has 0 aromatic rings. The first-order valence-electron chi connectivity index (χ1n) is 5.51. The van der Waals surface area contributed by atoms with E-state index in [1.165, 1.54) is 0 Å². The lowest BCUT2D eigenvalue weighted by molar-refractivity contribution is -0.0841. The summed E-state index contributed by atoms with van der Waals surface area (Å²) in [5.74, 6) is -4.59. The molecule has 18 heavy (non-hydrogen) atoms. The number of alkyl halides is 6. The first-order chi connectivity index (χ1) is 8.16. The molecule has 0 saturated heterocycles. The van der Waals surface area contributed by atoms with E-state index in [0.717, 1.165) is 0 Å². The summed E-state index contributed by atoms with van der Waals surface area (Å²) in [5, 5.41) is 0. The molecule has 8 heteroatoms. The summed E-state index contributed by atoms with van der Waals surface area (Å²) in [6.45, 7) is -2.41. The third kappa shape index (κ3) is 3.86. The van der Waals surface area contributed by atoms with Gasteiger partial charge in [-0.05, 0) is 25.7 Å². The highest BCUT2D eigenvalue weighted by Gasteiger charge is 2.52. The van der Waals surface area contributed by atoms with Crippen LogP contribution in [-0.2, 0) is 0 Å². The van der Waals surface area contributed by atoms with Gasteiger partial charge in [-0.1, -0.05) is 0 Å². The number of nitrogens with zero attached hydrogens (tertiary/aromatic N) is 1. The second kappa shape index (κ2) is 5.46. The first-order valence-corrected chi connectivity index (χ1v) is 5.51. The van der Waals surface area contributed by atoms with Gasteiger partial charge in [0.1, 0.15) is 0 Å². The van der Waals surface area contributed by atoms with E-state index in [0.29, 0.717) is 12.8 Å². The molecule has 0 radical (unpaired) electrons. The van der Waals surface area contributed by atoms with Crippen molar-refractivity contribution in [1.29, 1.82) is 0 Å². The SMILES string of the molecule is NC1CCC(N=C(C(F)(F)F)C(F)(F)CF)CC1. The average molecular weight is 276 g/mol. The molecule has 0 aromatic carbocycles. The van der Waals surface area contributed by atoms with Gasteiger partial charge in [-0.3, -0.25) is 4.99 Å². The van der Waals surface area contributed by atoms with E-state index < -0.39 is 30.5 Å². The Morgan fingerprint density at radius 1 is 1.06 bits per heavy atom. The van der Waals surface area contributed by atoms with Gasteiger partial charge in [0.15, 0.2) is 12.4 Å². The quantitative estimate of drug-likeness (QED) is 0.624. The van der Waals surface area contributed by atoms with Gasteiger partial charge in [-0.15, -0.1) is 0 Å². The van der Waals surface area contributed by atoms with Crippen LogP contribution in [0.2, 0.25) is 0 Å². The maximum atomic E-state index is 12.9. The van der Waals surface area contributed by atoms with Gasteiger partial charge in [0.2, 0.25) is 0 Å². The lowest BCUT2D eigenvalue weighted by Gasteiger charge is -2.26. The fourth-order valence-corrected chi connectivity index (χ4v) is 1.85. The summed E-state index contributed by atoms with van der Waals surface area (Å²) >= 11 is 0. The third-order valence-corrected chi connectivity index (χ3v) is 2.84. The Morgan fingerprint density at radius 2 is 1.56 bits per heavy atom. The predicted molar refractivity (Wildman–Crippen MR) is 54.6 cm³/mol. The Bertz CT molecular complexity index is 304. The van der Waals surface area contributed by atoms with Crippen LogP contribution in [0.4, 0.5) is 26.3 Å². The van der Waals surface area contributed by atoms with E-state index in [-0.39, 0.29) is 18.9 Å². The van der Waals surface area contributed by atoms with Crippen LogP contribution in [0.5, 0.6) is 0 Å². The molecule has 1 saturated carbocycles. The van der Waals surface area contributed by atoms with Crippen LogP contribution < -0.4 is 5.73 Å². The summed E-state index contributed by atoms with van der Waals surface area (Å²) in [7, 11) is 0. The zero-order valence-electron chi connectivity index (χ0n) is 9.48. The molecule has 0 aromatic heterocycles. The lowest BCUT2D eigenvalue weighted by atomic mass is 9.92. The minimum absolute atomic E-state index is 0.132. The number of nitrogens with two attached hydrogens (primary N) is 1. The van der Waals surface area contributed by atoms with E-state index in [2.05, 4.69) is 4.99 Å². The molecule has 0 heterocycles. The summed E-state index contributed by atoms with van der Waals surface area (Å²) in [6.07, 6.45) is -4.04. The van der Waals surface area contributed by atoms with E-state index in [4.69, 9.17) is 5.73 Å². The smallest absolute Gasteiger partial charge is 0.328 e. The van der Waals surface area contributed by atoms with Crippen molar-refractivity contribution < 1.29 is 26.3 Å². The van der Waals surface area contributed by atoms with E-state index in [9.17, 15) is 26.3 Å². The van der Waals surface area contributed by atoms with Gasteiger partial charge >= 0.3 is 12.1 Å². The topological polar surface area (TPSA) is 38.4 Å². The predicted octanol–water partition coefficient (Wildman–Crippen LogP) is 2.86. The average Bonchev–Trinajstić information content (AvgIpc) is 2.26. The third-order valence-electron chi connectivity index (χ3n) is 2.84. The Kier molecular flexibility index (Phi) is 4.63. The molecule has 1 rings (SSSR count). The van der Waals surface area contributed by atoms with Crippen LogP contribution in [0.15, 0.2) is 4.99 Å². The summed E-state index contributed by atoms with van der Waals surface area (Å²) in [5.41, 5.74) is 3.23. The van der Waals surface area contributed by atoms with Crippen molar-refractivity contribution in [2.75, 3.05) is 6.67 Å². The maximum absolute atomic E-state index is 12.9. The number of aliphatic imine (C=N–C) groups is 1. The van der Waals surface area contributed by atoms with Gasteiger partial charge in [0.05, 0.1) is 6.04 Å². The van der Waals surface area contributed by atoms with Crippen molar-refractivity contribution in [3.8, 4) is 0 Å². The molecule has 0 amide bonds. The van der Waals surface area contributed by atoms with Crippen molar-refractivity contribution >= 4 is 5.71 Å². The van der Waals surface area contributed by atoms with E-state index in [1.807, 2.05) is 0 Å². The molecule has 2 nitrogen and oxygen atoms in total. The minimum Gasteiger partial charge on any atom is -0.328 e. The zero-order chi connectivity index (χ0) is 14.0. The largest absolute Gasteiger partial charge is 0.435 e. The number of rotatable bonds is 3. The molecular weight excluding hydrogens is 262 g/mol. The normalized spacial score (nSPS) is 27.4. The zero-order valence-corrected chi connectivity index (χ0v) is 9.48. The molecule has 1 aliphatic rings. The summed E-state index contributed by atoms with van der Waals surface area (Å²) in [6, 6.07) is -0.994. The molecular formula is C10H14F6N2. The number of hydrogen-bond acceptors (Lipinski definition) is 2. The lowest BCUT2D eigenvalue weighted by Crippen LogP contribution is -2.43. The molecule has 2 N–H and O–H groups in total. The van der Waals surface area contributed by atoms with Crippen LogP contribution in [-0.4, -0.2) is 36.6 Å². The Labute approximate surface area is 100 Å². The monoisotopic (exact) mass is 276 g/mol. The van der Waals surface area contributed by atoms with E-state index in [1.54, 1.807) is 0 Å². The van der Waals surface area contributed by atoms with Crippen LogP contribution in [0.3, 0.4) is 0 Å². The molecule has 0 aliphatic heterocycles. The molecule has 106 valence electrons. The van der Waals surface area contributed by atoms with Crippen molar-refractivity contribution in [3.05, 3.63) is 0 Å². The highest BCUT2D eigenvalue weighted by molar-refractivity contribution is 5.96. The molecule has 0 unspecified atom stereocenters. The molecule has 0 atom stereocenters. The molecule has 0 spiro atoms. The van der Waals surface area contributed by atoms with Crippen molar-refractivity contribution in [2.24, 2.45) is 10.7 Å². The van der Waals surface area contributed by atoms with Crippen molar-refractivity contribution in [2.45, 2.75) is 49.9 Å². The number of hydrogen-bond donors (Lipinski definition) is 1.